The van der Waals surface area contributed by atoms with Gasteiger partial charge >= 0.3 is 0 Å². The van der Waals surface area contributed by atoms with Crippen LogP contribution in [0.5, 0.6) is 0 Å². The van der Waals surface area contributed by atoms with Gasteiger partial charge in [-0.2, -0.15) is 0 Å². The molecule has 0 heterocycles. The Bertz CT molecular complexity index is 276. The third kappa shape index (κ3) is 3.05. The van der Waals surface area contributed by atoms with Crippen LogP contribution in [0, 0.1) is 11.3 Å². The normalized spacial score (nSPS) is 31.2. The van der Waals surface area contributed by atoms with Gasteiger partial charge in [-0.1, -0.05) is 19.8 Å². The number of nitrogens with one attached hydrogen (secondary N) is 1. The van der Waals surface area contributed by atoms with Crippen molar-refractivity contribution >= 4 is 5.91 Å². The Morgan fingerprint density at radius 3 is 2.39 bits per heavy atom. The van der Waals surface area contributed by atoms with Crippen LogP contribution < -0.4 is 5.32 Å². The van der Waals surface area contributed by atoms with Crippen molar-refractivity contribution in [1.82, 2.24) is 5.32 Å². The van der Waals surface area contributed by atoms with Crippen LogP contribution in [0.15, 0.2) is 0 Å². The minimum Gasteiger partial charge on any atom is -0.393 e. The van der Waals surface area contributed by atoms with E-state index in [4.69, 9.17) is 0 Å². The molecule has 0 aromatic heterocycles. The molecule has 0 atom stereocenters. The monoisotopic (exact) mass is 253 g/mol. The van der Waals surface area contributed by atoms with E-state index in [-0.39, 0.29) is 17.4 Å². The minimum atomic E-state index is -0.103. The van der Waals surface area contributed by atoms with Crippen molar-refractivity contribution in [2.45, 2.75) is 70.8 Å². The summed E-state index contributed by atoms with van der Waals surface area (Å²) in [4.78, 5) is 12.3. The fourth-order valence-corrected chi connectivity index (χ4v) is 3.57. The molecule has 2 rings (SSSR count). The van der Waals surface area contributed by atoms with Crippen LogP contribution in [-0.4, -0.2) is 23.7 Å². The zero-order valence-electron chi connectivity index (χ0n) is 11.6. The van der Waals surface area contributed by atoms with Gasteiger partial charge in [-0.3, -0.25) is 4.79 Å². The number of aliphatic hydroxyl groups is 1. The topological polar surface area (TPSA) is 49.3 Å². The second kappa shape index (κ2) is 6.05. The lowest BCUT2D eigenvalue weighted by Crippen LogP contribution is -2.41. The zero-order valence-corrected chi connectivity index (χ0v) is 11.6. The highest BCUT2D eigenvalue weighted by molar-refractivity contribution is 5.82. The number of aliphatic hydroxyl groups excluding tert-OH is 1. The summed E-state index contributed by atoms with van der Waals surface area (Å²) in [5.41, 5.74) is -0.0613. The molecule has 0 aliphatic heterocycles. The predicted molar refractivity (Wildman–Crippen MR) is 72.2 cm³/mol. The molecule has 0 unspecified atom stereocenters. The highest BCUT2D eigenvalue weighted by atomic mass is 16.3. The first-order chi connectivity index (χ1) is 8.66. The molecule has 0 radical (unpaired) electrons. The van der Waals surface area contributed by atoms with Crippen molar-refractivity contribution in [1.29, 1.82) is 0 Å². The molecule has 2 N–H and O–H groups in total. The van der Waals surface area contributed by atoms with Gasteiger partial charge < -0.3 is 10.4 Å². The molecule has 3 nitrogen and oxygen atoms in total. The molecule has 2 saturated carbocycles. The number of amides is 1. The molecule has 1 amide bonds. The Kier molecular flexibility index (Phi) is 4.66. The quantitative estimate of drug-likeness (QED) is 0.809. The summed E-state index contributed by atoms with van der Waals surface area (Å²) in [5.74, 6) is 0.862. The molecule has 0 aromatic carbocycles. The van der Waals surface area contributed by atoms with Crippen LogP contribution >= 0.6 is 0 Å². The van der Waals surface area contributed by atoms with Crippen LogP contribution in [0.4, 0.5) is 0 Å². The highest BCUT2D eigenvalue weighted by Crippen LogP contribution is 2.41. The van der Waals surface area contributed by atoms with Gasteiger partial charge in [-0.15, -0.1) is 0 Å². The molecule has 2 aliphatic carbocycles. The van der Waals surface area contributed by atoms with E-state index in [0.29, 0.717) is 5.92 Å². The van der Waals surface area contributed by atoms with Crippen molar-refractivity contribution < 1.29 is 9.90 Å². The number of carbonyl (C=O) groups excluding carboxylic acids is 1. The average molecular weight is 253 g/mol. The first-order valence-electron chi connectivity index (χ1n) is 7.62. The standard InChI is InChI=1S/C15H27NO2/c1-2-15(9-3-4-10-15)14(18)16-11-12-5-7-13(17)8-6-12/h12-13,17H,2-11H2,1H3,(H,16,18). The van der Waals surface area contributed by atoms with E-state index in [9.17, 15) is 9.90 Å². The Hall–Kier alpha value is -0.570. The van der Waals surface area contributed by atoms with Crippen LogP contribution in [0.25, 0.3) is 0 Å². The van der Waals surface area contributed by atoms with E-state index >= 15 is 0 Å². The lowest BCUT2D eigenvalue weighted by Gasteiger charge is -2.29. The predicted octanol–water partition coefficient (Wildman–Crippen LogP) is 2.62. The van der Waals surface area contributed by atoms with Crippen LogP contribution in [0.3, 0.4) is 0 Å². The van der Waals surface area contributed by atoms with Gasteiger partial charge in [0.05, 0.1) is 6.10 Å². The number of rotatable bonds is 4. The fraction of sp³-hybridized carbons (Fsp3) is 0.933. The van der Waals surface area contributed by atoms with E-state index in [2.05, 4.69) is 12.2 Å². The lowest BCUT2D eigenvalue weighted by molar-refractivity contribution is -0.131. The van der Waals surface area contributed by atoms with Crippen LogP contribution in [0.2, 0.25) is 0 Å². The van der Waals surface area contributed by atoms with Crippen molar-refractivity contribution in [2.24, 2.45) is 11.3 Å². The summed E-state index contributed by atoms with van der Waals surface area (Å²) in [6.45, 7) is 2.95. The molecule has 104 valence electrons. The van der Waals surface area contributed by atoms with Gasteiger partial charge in [-0.25, -0.2) is 0 Å². The highest BCUT2D eigenvalue weighted by Gasteiger charge is 2.39. The number of hydrogen-bond donors (Lipinski definition) is 2. The molecular weight excluding hydrogens is 226 g/mol. The maximum atomic E-state index is 12.3. The van der Waals surface area contributed by atoms with E-state index in [1.165, 1.54) is 12.8 Å². The molecule has 18 heavy (non-hydrogen) atoms. The Labute approximate surface area is 110 Å². The SMILES string of the molecule is CCC1(C(=O)NCC2CCC(O)CC2)CCCC1. The van der Waals surface area contributed by atoms with Gasteiger partial charge in [0.1, 0.15) is 0 Å². The van der Waals surface area contributed by atoms with Gasteiger partial charge in [0, 0.05) is 12.0 Å². The fourth-order valence-electron chi connectivity index (χ4n) is 3.57. The van der Waals surface area contributed by atoms with Crippen LogP contribution in [0.1, 0.15) is 64.7 Å². The number of hydrogen-bond acceptors (Lipinski definition) is 2. The zero-order chi connectivity index (χ0) is 13.0. The van der Waals surface area contributed by atoms with Gasteiger partial charge in [0.15, 0.2) is 0 Å². The van der Waals surface area contributed by atoms with Gasteiger partial charge in [0.25, 0.3) is 0 Å². The van der Waals surface area contributed by atoms with E-state index in [1.54, 1.807) is 0 Å². The third-order valence-electron chi connectivity index (χ3n) is 5.09. The van der Waals surface area contributed by atoms with Crippen LogP contribution in [-0.2, 0) is 4.79 Å². The van der Waals surface area contributed by atoms with Crippen molar-refractivity contribution in [3.05, 3.63) is 0 Å². The smallest absolute Gasteiger partial charge is 0.226 e. The maximum absolute atomic E-state index is 12.3. The molecule has 2 fully saturated rings. The van der Waals surface area contributed by atoms with Crippen molar-refractivity contribution in [3.8, 4) is 0 Å². The van der Waals surface area contributed by atoms with E-state index in [0.717, 1.165) is 51.5 Å². The molecule has 3 heteroatoms. The van der Waals surface area contributed by atoms with E-state index < -0.39 is 0 Å². The first-order valence-corrected chi connectivity index (χ1v) is 7.62. The summed E-state index contributed by atoms with van der Waals surface area (Å²) in [6.07, 6.45) is 9.33. The van der Waals surface area contributed by atoms with E-state index in [1.807, 2.05) is 0 Å². The summed E-state index contributed by atoms with van der Waals surface area (Å²) in [6, 6.07) is 0. The number of carbonyl (C=O) groups is 1. The lowest BCUT2D eigenvalue weighted by atomic mass is 9.82. The summed E-state index contributed by atoms with van der Waals surface area (Å²) in [5, 5.41) is 12.6. The maximum Gasteiger partial charge on any atom is 0.226 e. The largest absolute Gasteiger partial charge is 0.393 e. The molecule has 0 saturated heterocycles. The second-order valence-electron chi connectivity index (χ2n) is 6.23. The van der Waals surface area contributed by atoms with Gasteiger partial charge in [-0.05, 0) is 50.9 Å². The molecule has 0 spiro atoms. The second-order valence-corrected chi connectivity index (χ2v) is 6.23. The van der Waals surface area contributed by atoms with Gasteiger partial charge in [0.2, 0.25) is 5.91 Å². The Morgan fingerprint density at radius 2 is 1.83 bits per heavy atom. The summed E-state index contributed by atoms with van der Waals surface area (Å²) in [7, 11) is 0. The average Bonchev–Trinajstić information content (AvgIpc) is 2.88. The molecule has 2 aliphatic rings. The summed E-state index contributed by atoms with van der Waals surface area (Å²) >= 11 is 0. The van der Waals surface area contributed by atoms with Crippen molar-refractivity contribution in [2.75, 3.05) is 6.54 Å². The molecule has 0 bridgehead atoms. The van der Waals surface area contributed by atoms with Crippen molar-refractivity contribution in [3.63, 3.8) is 0 Å². The Morgan fingerprint density at radius 1 is 1.22 bits per heavy atom. The minimum absolute atomic E-state index is 0.0613. The molecular formula is C15H27NO2. The Balaban J connectivity index is 1.77. The first kappa shape index (κ1) is 13.9. The summed E-state index contributed by atoms with van der Waals surface area (Å²) < 4.78 is 0. The molecule has 0 aromatic rings. The third-order valence-corrected chi connectivity index (χ3v) is 5.09.